The summed E-state index contributed by atoms with van der Waals surface area (Å²) in [5.74, 6) is -0.131. The minimum absolute atomic E-state index is 0.131. The van der Waals surface area contributed by atoms with Crippen LogP contribution in [0.3, 0.4) is 0 Å². The molecule has 0 spiro atoms. The van der Waals surface area contributed by atoms with Crippen molar-refractivity contribution in [2.45, 2.75) is 26.7 Å². The van der Waals surface area contributed by atoms with E-state index in [0.29, 0.717) is 0 Å². The Hall–Kier alpha value is -1.83. The Bertz CT molecular complexity index is 608. The molecule has 1 heterocycles. The number of aryl methyl sites for hydroxylation is 3. The molecule has 0 saturated heterocycles. The van der Waals surface area contributed by atoms with Crippen LogP contribution in [-0.2, 0) is 6.42 Å². The van der Waals surface area contributed by atoms with Crippen LogP contribution in [0, 0.1) is 19.7 Å². The molecule has 0 bridgehead atoms. The number of nitrogens with one attached hydrogen (secondary N) is 1. The molecule has 2 heteroatoms. The molecule has 0 fully saturated rings. The van der Waals surface area contributed by atoms with Crippen molar-refractivity contribution >= 4 is 5.69 Å². The molecule has 3 rings (SSSR count). The summed E-state index contributed by atoms with van der Waals surface area (Å²) in [6.45, 7) is 4.90. The van der Waals surface area contributed by atoms with Gasteiger partial charge in [-0.3, -0.25) is 0 Å². The smallest absolute Gasteiger partial charge is 0.131 e. The van der Waals surface area contributed by atoms with E-state index in [9.17, 15) is 4.39 Å². The highest BCUT2D eigenvalue weighted by molar-refractivity contribution is 5.73. The fourth-order valence-corrected chi connectivity index (χ4v) is 2.90. The van der Waals surface area contributed by atoms with E-state index in [1.54, 1.807) is 6.07 Å². The second kappa shape index (κ2) is 4.69. The molecule has 0 aromatic heterocycles. The Kier molecular flexibility index (Phi) is 3.02. The summed E-state index contributed by atoms with van der Waals surface area (Å²) in [5.41, 5.74) is 6.13. The summed E-state index contributed by atoms with van der Waals surface area (Å²) in [4.78, 5) is 0. The van der Waals surface area contributed by atoms with Crippen LogP contribution in [0.4, 0.5) is 10.1 Å². The van der Waals surface area contributed by atoms with Gasteiger partial charge in [0.05, 0.1) is 0 Å². The van der Waals surface area contributed by atoms with Crippen molar-refractivity contribution in [1.82, 2.24) is 0 Å². The van der Waals surface area contributed by atoms with Gasteiger partial charge in [0.1, 0.15) is 5.82 Å². The third-order valence-corrected chi connectivity index (χ3v) is 3.77. The third kappa shape index (κ3) is 2.23. The van der Waals surface area contributed by atoms with Gasteiger partial charge in [0.15, 0.2) is 0 Å². The van der Waals surface area contributed by atoms with Crippen molar-refractivity contribution in [3.8, 4) is 11.1 Å². The van der Waals surface area contributed by atoms with E-state index in [2.05, 4.69) is 17.4 Å². The molecule has 0 aliphatic carbocycles. The third-order valence-electron chi connectivity index (χ3n) is 3.77. The molecule has 1 aliphatic rings. The number of hydrogen-bond acceptors (Lipinski definition) is 1. The lowest BCUT2D eigenvalue weighted by molar-refractivity contribution is 0.629. The molecular weight excluding hydrogens is 237 g/mol. The number of halogens is 1. The molecule has 0 saturated carbocycles. The fraction of sp³-hybridized carbons (Fsp3) is 0.294. The predicted octanol–water partition coefficient (Wildman–Crippen LogP) is 4.47. The van der Waals surface area contributed by atoms with Crippen molar-refractivity contribution in [3.05, 3.63) is 52.8 Å². The maximum absolute atomic E-state index is 14.2. The first-order valence-electron chi connectivity index (χ1n) is 6.79. The van der Waals surface area contributed by atoms with Gasteiger partial charge >= 0.3 is 0 Å². The van der Waals surface area contributed by atoms with E-state index in [-0.39, 0.29) is 5.82 Å². The Balaban J connectivity index is 2.12. The minimum Gasteiger partial charge on any atom is -0.385 e. The Morgan fingerprint density at radius 1 is 1.11 bits per heavy atom. The van der Waals surface area contributed by atoms with Gasteiger partial charge in [-0.15, -0.1) is 0 Å². The lowest BCUT2D eigenvalue weighted by Crippen LogP contribution is -2.11. The predicted molar refractivity (Wildman–Crippen MR) is 78.1 cm³/mol. The molecule has 2 aromatic rings. The first-order chi connectivity index (χ1) is 9.15. The van der Waals surface area contributed by atoms with Crippen molar-refractivity contribution in [2.24, 2.45) is 0 Å². The van der Waals surface area contributed by atoms with Gasteiger partial charge in [0.2, 0.25) is 0 Å². The molecule has 19 heavy (non-hydrogen) atoms. The van der Waals surface area contributed by atoms with Gasteiger partial charge in [-0.1, -0.05) is 18.2 Å². The van der Waals surface area contributed by atoms with Crippen LogP contribution in [0.15, 0.2) is 30.3 Å². The fourth-order valence-electron chi connectivity index (χ4n) is 2.90. The van der Waals surface area contributed by atoms with Crippen LogP contribution < -0.4 is 5.32 Å². The van der Waals surface area contributed by atoms with Crippen molar-refractivity contribution in [3.63, 3.8) is 0 Å². The van der Waals surface area contributed by atoms with Gasteiger partial charge in [0, 0.05) is 17.8 Å². The van der Waals surface area contributed by atoms with Crippen LogP contribution in [0.25, 0.3) is 11.1 Å². The normalized spacial score (nSPS) is 13.8. The average Bonchev–Trinajstić information content (AvgIpc) is 2.37. The van der Waals surface area contributed by atoms with Crippen LogP contribution in [0.1, 0.15) is 23.1 Å². The number of fused-ring (bicyclic) bond motifs is 1. The zero-order valence-corrected chi connectivity index (χ0v) is 11.4. The van der Waals surface area contributed by atoms with Crippen molar-refractivity contribution in [2.75, 3.05) is 11.9 Å². The SMILES string of the molecule is Cc1cc(C)c(-c2ccc3c(c2)NCCC3)c(F)c1. The topological polar surface area (TPSA) is 12.0 Å². The van der Waals surface area contributed by atoms with Gasteiger partial charge in [0.25, 0.3) is 0 Å². The Morgan fingerprint density at radius 3 is 2.74 bits per heavy atom. The van der Waals surface area contributed by atoms with Crippen LogP contribution in [0.2, 0.25) is 0 Å². The van der Waals surface area contributed by atoms with Gasteiger partial charge in [-0.05, 0) is 61.1 Å². The largest absolute Gasteiger partial charge is 0.385 e. The zero-order valence-electron chi connectivity index (χ0n) is 11.4. The lowest BCUT2D eigenvalue weighted by Gasteiger charge is -2.19. The van der Waals surface area contributed by atoms with E-state index in [4.69, 9.17) is 0 Å². The molecule has 0 unspecified atom stereocenters. The highest BCUT2D eigenvalue weighted by atomic mass is 19.1. The standard InChI is InChI=1S/C17H18FN/c1-11-8-12(2)17(15(18)9-11)14-6-5-13-4-3-7-19-16(13)10-14/h5-6,8-10,19H,3-4,7H2,1-2H3. The zero-order chi connectivity index (χ0) is 13.4. The van der Waals surface area contributed by atoms with Gasteiger partial charge in [-0.2, -0.15) is 0 Å². The molecule has 1 aliphatic heterocycles. The summed E-state index contributed by atoms with van der Waals surface area (Å²) in [5, 5.41) is 3.40. The van der Waals surface area contributed by atoms with Crippen LogP contribution in [0.5, 0.6) is 0 Å². The van der Waals surface area contributed by atoms with E-state index in [1.165, 1.54) is 12.0 Å². The van der Waals surface area contributed by atoms with E-state index in [0.717, 1.165) is 40.9 Å². The molecule has 1 N–H and O–H groups in total. The van der Waals surface area contributed by atoms with Crippen molar-refractivity contribution < 1.29 is 4.39 Å². The maximum atomic E-state index is 14.2. The quantitative estimate of drug-likeness (QED) is 0.793. The van der Waals surface area contributed by atoms with Crippen LogP contribution >= 0.6 is 0 Å². The van der Waals surface area contributed by atoms with E-state index >= 15 is 0 Å². The monoisotopic (exact) mass is 255 g/mol. The number of anilines is 1. The summed E-state index contributed by atoms with van der Waals surface area (Å²) < 4.78 is 14.2. The molecule has 0 amide bonds. The Labute approximate surface area is 113 Å². The van der Waals surface area contributed by atoms with Crippen molar-refractivity contribution in [1.29, 1.82) is 0 Å². The summed E-state index contributed by atoms with van der Waals surface area (Å²) >= 11 is 0. The first kappa shape index (κ1) is 12.2. The molecule has 0 radical (unpaired) electrons. The second-order valence-electron chi connectivity index (χ2n) is 5.34. The first-order valence-corrected chi connectivity index (χ1v) is 6.79. The van der Waals surface area contributed by atoms with E-state index < -0.39 is 0 Å². The molecule has 1 nitrogen and oxygen atoms in total. The highest BCUT2D eigenvalue weighted by Crippen LogP contribution is 2.32. The van der Waals surface area contributed by atoms with E-state index in [1.807, 2.05) is 26.0 Å². The summed E-state index contributed by atoms with van der Waals surface area (Å²) in [6, 6.07) is 9.87. The van der Waals surface area contributed by atoms with Crippen LogP contribution in [-0.4, -0.2) is 6.54 Å². The number of rotatable bonds is 1. The maximum Gasteiger partial charge on any atom is 0.131 e. The molecule has 2 aromatic carbocycles. The van der Waals surface area contributed by atoms with Gasteiger partial charge in [-0.25, -0.2) is 4.39 Å². The van der Waals surface area contributed by atoms with Gasteiger partial charge < -0.3 is 5.32 Å². The average molecular weight is 255 g/mol. The molecule has 0 atom stereocenters. The Morgan fingerprint density at radius 2 is 1.95 bits per heavy atom. The molecule has 98 valence electrons. The molecular formula is C17H18FN. The summed E-state index contributed by atoms with van der Waals surface area (Å²) in [6.07, 6.45) is 2.28. The highest BCUT2D eigenvalue weighted by Gasteiger charge is 2.13. The number of hydrogen-bond donors (Lipinski definition) is 1. The number of benzene rings is 2. The lowest BCUT2D eigenvalue weighted by atomic mass is 9.94. The second-order valence-corrected chi connectivity index (χ2v) is 5.34. The summed E-state index contributed by atoms with van der Waals surface area (Å²) in [7, 11) is 0. The minimum atomic E-state index is -0.131.